The summed E-state index contributed by atoms with van der Waals surface area (Å²) in [5.74, 6) is -0.284. The van der Waals surface area contributed by atoms with E-state index in [4.69, 9.17) is 16.6 Å². The summed E-state index contributed by atoms with van der Waals surface area (Å²) in [5.41, 5.74) is 11.3. The van der Waals surface area contributed by atoms with Crippen molar-refractivity contribution in [2.45, 2.75) is 25.3 Å². The molecule has 0 heterocycles. The number of carboxylic acids is 1. The smallest absolute Gasteiger partial charge is 0.328 e. The van der Waals surface area contributed by atoms with Gasteiger partial charge in [0.15, 0.2) is 18.0 Å². The van der Waals surface area contributed by atoms with Crippen molar-refractivity contribution in [1.29, 1.82) is 0 Å². The monoisotopic (exact) mass is 358 g/mol. The molecule has 1 atom stereocenters. The number of aliphatic imine (C=N–C) groups is 2. The molecule has 0 spiro atoms. The number of rotatable bonds is 7. The van der Waals surface area contributed by atoms with Crippen LogP contribution in [0.15, 0.2) is 9.98 Å². The van der Waals surface area contributed by atoms with Gasteiger partial charge in [0.25, 0.3) is 0 Å². The van der Waals surface area contributed by atoms with E-state index in [1.165, 1.54) is 0 Å². The Labute approximate surface area is 144 Å². The van der Waals surface area contributed by atoms with Crippen LogP contribution in [0.2, 0.25) is 0 Å². The zero-order valence-corrected chi connectivity index (χ0v) is 15.2. The van der Waals surface area contributed by atoms with Crippen LogP contribution >= 0.6 is 24.8 Å². The lowest BCUT2D eigenvalue weighted by Gasteiger charge is -2.14. The number of halogens is 2. The number of aliphatic carboxylic acids is 1. The van der Waals surface area contributed by atoms with Crippen molar-refractivity contribution >= 4 is 42.7 Å². The number of nitrogens with two attached hydrogens (primary N) is 2. The Balaban J connectivity index is -0.00000180. The molecular formula is C12H28Cl2N6O2. The quantitative estimate of drug-likeness (QED) is 0.339. The minimum atomic E-state index is -0.967. The molecular weight excluding hydrogens is 331 g/mol. The van der Waals surface area contributed by atoms with Crippen molar-refractivity contribution in [3.05, 3.63) is 0 Å². The largest absolute Gasteiger partial charge is 0.480 e. The lowest BCUT2D eigenvalue weighted by molar-refractivity contribution is -0.138. The van der Waals surface area contributed by atoms with Crippen molar-refractivity contribution in [3.8, 4) is 0 Å². The summed E-state index contributed by atoms with van der Waals surface area (Å²) >= 11 is 0. The van der Waals surface area contributed by atoms with Crippen LogP contribution in [-0.2, 0) is 4.79 Å². The molecule has 10 heteroatoms. The first-order valence-corrected chi connectivity index (χ1v) is 6.46. The van der Waals surface area contributed by atoms with Gasteiger partial charge in [0.05, 0.1) is 0 Å². The molecule has 0 radical (unpaired) electrons. The second-order valence-corrected chi connectivity index (χ2v) is 4.87. The van der Waals surface area contributed by atoms with Crippen LogP contribution in [0.25, 0.3) is 0 Å². The van der Waals surface area contributed by atoms with Gasteiger partial charge >= 0.3 is 5.97 Å². The van der Waals surface area contributed by atoms with Gasteiger partial charge < -0.3 is 26.4 Å². The number of carbonyl (C=O) groups is 1. The average Bonchev–Trinajstić information content (AvgIpc) is 2.35. The average molecular weight is 359 g/mol. The van der Waals surface area contributed by atoms with Crippen molar-refractivity contribution in [1.82, 2.24) is 9.80 Å². The van der Waals surface area contributed by atoms with Crippen LogP contribution in [0.4, 0.5) is 0 Å². The molecule has 22 heavy (non-hydrogen) atoms. The molecule has 0 rings (SSSR count). The van der Waals surface area contributed by atoms with Crippen molar-refractivity contribution in [3.63, 3.8) is 0 Å². The highest BCUT2D eigenvalue weighted by molar-refractivity contribution is 5.85. The highest BCUT2D eigenvalue weighted by Gasteiger charge is 2.16. The SMILES string of the molecule is CN(C)C(N)=NCCCC[C@H](N=C(N)N(C)C)C(=O)O.Cl.Cl. The van der Waals surface area contributed by atoms with Crippen LogP contribution in [0.3, 0.4) is 0 Å². The standard InChI is InChI=1S/C12H26N6O2.2ClH/c1-17(2)11(13)15-8-6-5-7-9(10(19)20)16-12(14)18(3)4;;/h9H,5-8H2,1-4H3,(H2,13,15)(H2,14,16)(H,19,20);2*1H/t9-;;/m0../s1. The van der Waals surface area contributed by atoms with Crippen molar-refractivity contribution in [2.75, 3.05) is 34.7 Å². The molecule has 0 saturated heterocycles. The number of hydrogen-bond donors (Lipinski definition) is 3. The fourth-order valence-corrected chi connectivity index (χ4v) is 1.30. The van der Waals surface area contributed by atoms with E-state index >= 15 is 0 Å². The Morgan fingerprint density at radius 2 is 1.55 bits per heavy atom. The first-order chi connectivity index (χ1) is 9.25. The van der Waals surface area contributed by atoms with Gasteiger partial charge in [-0.15, -0.1) is 24.8 Å². The van der Waals surface area contributed by atoms with Gasteiger partial charge in [-0.1, -0.05) is 0 Å². The Morgan fingerprint density at radius 1 is 1.05 bits per heavy atom. The fraction of sp³-hybridized carbons (Fsp3) is 0.750. The van der Waals surface area contributed by atoms with Crippen molar-refractivity contribution in [2.24, 2.45) is 21.5 Å². The lowest BCUT2D eigenvalue weighted by Crippen LogP contribution is -2.33. The first-order valence-electron chi connectivity index (χ1n) is 6.46. The zero-order chi connectivity index (χ0) is 15.7. The molecule has 0 aliphatic heterocycles. The van der Waals surface area contributed by atoms with E-state index in [9.17, 15) is 4.79 Å². The maximum atomic E-state index is 11.1. The minimum Gasteiger partial charge on any atom is -0.480 e. The highest BCUT2D eigenvalue weighted by atomic mass is 35.5. The maximum absolute atomic E-state index is 11.1. The molecule has 5 N–H and O–H groups in total. The Bertz CT molecular complexity index is 375. The van der Waals surface area contributed by atoms with Gasteiger partial charge in [-0.3, -0.25) is 4.99 Å². The van der Waals surface area contributed by atoms with E-state index in [-0.39, 0.29) is 30.8 Å². The number of hydrogen-bond acceptors (Lipinski definition) is 3. The minimum absolute atomic E-state index is 0. The van der Waals surface area contributed by atoms with Crippen LogP contribution in [0, 0.1) is 0 Å². The molecule has 0 unspecified atom stereocenters. The van der Waals surface area contributed by atoms with Crippen LogP contribution in [0.1, 0.15) is 19.3 Å². The zero-order valence-electron chi connectivity index (χ0n) is 13.5. The molecule has 0 saturated carbocycles. The van der Waals surface area contributed by atoms with Gasteiger partial charge in [0, 0.05) is 34.7 Å². The molecule has 0 aromatic rings. The molecule has 132 valence electrons. The van der Waals surface area contributed by atoms with E-state index in [2.05, 4.69) is 9.98 Å². The molecule has 0 fully saturated rings. The molecule has 8 nitrogen and oxygen atoms in total. The third-order valence-corrected chi connectivity index (χ3v) is 2.65. The second kappa shape index (κ2) is 13.3. The summed E-state index contributed by atoms with van der Waals surface area (Å²) in [7, 11) is 7.07. The molecule has 0 aliphatic carbocycles. The number of nitrogens with zero attached hydrogens (tertiary/aromatic N) is 4. The maximum Gasteiger partial charge on any atom is 0.328 e. The Kier molecular flexibility index (Phi) is 15.4. The molecule has 0 bridgehead atoms. The summed E-state index contributed by atoms with van der Waals surface area (Å²) in [5, 5.41) is 9.09. The van der Waals surface area contributed by atoms with Crippen LogP contribution in [0.5, 0.6) is 0 Å². The van der Waals surface area contributed by atoms with E-state index < -0.39 is 12.0 Å². The van der Waals surface area contributed by atoms with Gasteiger partial charge in [0.2, 0.25) is 0 Å². The second-order valence-electron chi connectivity index (χ2n) is 4.87. The van der Waals surface area contributed by atoms with Gasteiger partial charge in [-0.25, -0.2) is 9.79 Å². The van der Waals surface area contributed by atoms with E-state index in [0.29, 0.717) is 25.3 Å². The van der Waals surface area contributed by atoms with E-state index in [1.54, 1.807) is 23.9 Å². The molecule has 0 amide bonds. The first kappa shape index (κ1) is 25.5. The van der Waals surface area contributed by atoms with Crippen molar-refractivity contribution < 1.29 is 9.90 Å². The Morgan fingerprint density at radius 3 is 1.95 bits per heavy atom. The molecule has 0 aromatic carbocycles. The number of guanidine groups is 2. The lowest BCUT2D eigenvalue weighted by atomic mass is 10.1. The van der Waals surface area contributed by atoms with E-state index in [0.717, 1.165) is 6.42 Å². The fourth-order valence-electron chi connectivity index (χ4n) is 1.30. The van der Waals surface area contributed by atoms with Gasteiger partial charge in [0.1, 0.15) is 0 Å². The normalized spacial score (nSPS) is 12.7. The summed E-state index contributed by atoms with van der Waals surface area (Å²) in [6.45, 7) is 0.573. The van der Waals surface area contributed by atoms with E-state index in [1.807, 2.05) is 14.1 Å². The highest BCUT2D eigenvalue weighted by Crippen LogP contribution is 2.06. The Hall–Kier alpha value is -1.41. The third-order valence-electron chi connectivity index (χ3n) is 2.65. The number of carboxylic acid groups (broad SMARTS) is 1. The number of unbranched alkanes of at least 4 members (excludes halogenated alkanes) is 1. The van der Waals surface area contributed by atoms with Gasteiger partial charge in [-0.05, 0) is 19.3 Å². The van der Waals surface area contributed by atoms with Crippen LogP contribution < -0.4 is 11.5 Å². The topological polar surface area (TPSA) is 121 Å². The van der Waals surface area contributed by atoms with Gasteiger partial charge in [-0.2, -0.15) is 0 Å². The third kappa shape index (κ3) is 11.3. The summed E-state index contributed by atoms with van der Waals surface area (Å²) in [6, 6.07) is -0.812. The summed E-state index contributed by atoms with van der Waals surface area (Å²) in [4.78, 5) is 22.5. The predicted molar refractivity (Wildman–Crippen MR) is 95.3 cm³/mol. The summed E-state index contributed by atoms with van der Waals surface area (Å²) in [6.07, 6.45) is 1.89. The van der Waals surface area contributed by atoms with Crippen LogP contribution in [-0.4, -0.2) is 73.6 Å². The summed E-state index contributed by atoms with van der Waals surface area (Å²) < 4.78 is 0. The molecule has 0 aliphatic rings. The molecule has 0 aromatic heterocycles. The predicted octanol–water partition coefficient (Wildman–Crippen LogP) is 0.206.